The normalized spacial score (nSPS) is 33.7. The minimum Gasteiger partial charge on any atom is -0.487 e. The molecular weight excluding hydrogens is 486 g/mol. The number of aromatic nitrogens is 1. The quantitative estimate of drug-likeness (QED) is 0.498. The van der Waals surface area contributed by atoms with Crippen LogP contribution < -0.4 is 10.4 Å². The van der Waals surface area contributed by atoms with Gasteiger partial charge in [-0.15, -0.1) is 0 Å². The second kappa shape index (κ2) is 9.54. The van der Waals surface area contributed by atoms with E-state index in [1.54, 1.807) is 25.4 Å². The van der Waals surface area contributed by atoms with Crippen molar-refractivity contribution in [1.29, 1.82) is 0 Å². The molecule has 0 N–H and O–H groups in total. The summed E-state index contributed by atoms with van der Waals surface area (Å²) in [5, 5.41) is 0. The second-order valence-corrected chi connectivity index (χ2v) is 11.9. The van der Waals surface area contributed by atoms with Crippen LogP contribution in [0.5, 0.6) is 5.75 Å². The maximum atomic E-state index is 13.2. The van der Waals surface area contributed by atoms with E-state index in [9.17, 15) is 14.4 Å². The third-order valence-electron chi connectivity index (χ3n) is 9.59. The van der Waals surface area contributed by atoms with Crippen LogP contribution in [-0.4, -0.2) is 35.2 Å². The molecule has 8 nitrogen and oxygen atoms in total. The van der Waals surface area contributed by atoms with Crippen molar-refractivity contribution in [3.8, 4) is 17.1 Å². The van der Waals surface area contributed by atoms with Crippen LogP contribution >= 0.6 is 0 Å². The first-order valence-corrected chi connectivity index (χ1v) is 13.6. The average molecular weight is 524 g/mol. The SMILES string of the molecule is CCC(=O)OC1CCC2(C)C3Cc4c(cc(-c5cccnc5)oc4=O)OC3(C)CCC2C1(C)COC(C)=O. The lowest BCUT2D eigenvalue weighted by molar-refractivity contribution is -0.220. The summed E-state index contributed by atoms with van der Waals surface area (Å²) in [4.78, 5) is 41.5. The van der Waals surface area contributed by atoms with Gasteiger partial charge in [-0.25, -0.2) is 4.79 Å². The van der Waals surface area contributed by atoms with Gasteiger partial charge in [-0.05, 0) is 62.5 Å². The van der Waals surface area contributed by atoms with Crippen molar-refractivity contribution in [3.05, 3.63) is 46.6 Å². The number of esters is 2. The van der Waals surface area contributed by atoms with E-state index >= 15 is 0 Å². The molecule has 2 aliphatic carbocycles. The van der Waals surface area contributed by atoms with E-state index in [1.807, 2.05) is 12.1 Å². The largest absolute Gasteiger partial charge is 0.487 e. The van der Waals surface area contributed by atoms with Crippen LogP contribution in [0.15, 0.2) is 39.8 Å². The lowest BCUT2D eigenvalue weighted by Crippen LogP contribution is -2.65. The predicted octanol–water partition coefficient (Wildman–Crippen LogP) is 5.11. The fraction of sp³-hybridized carbons (Fsp3) is 0.600. The van der Waals surface area contributed by atoms with E-state index in [4.69, 9.17) is 18.6 Å². The highest BCUT2D eigenvalue weighted by molar-refractivity contribution is 5.69. The number of hydrogen-bond acceptors (Lipinski definition) is 8. The standard InChI is InChI=1S/C30H37NO7/c1-6-26(33)37-25-10-11-28(3)23(29(25,4)17-35-18(2)32)9-12-30(5)24(28)14-20-22(38-30)15-21(36-27(20)34)19-8-7-13-31-16-19/h7-8,13,15-16,23-25H,6,9-12,14,17H2,1-5H3. The Morgan fingerprint density at radius 2 is 1.95 bits per heavy atom. The van der Waals surface area contributed by atoms with Crippen LogP contribution in [0, 0.1) is 22.7 Å². The van der Waals surface area contributed by atoms with Gasteiger partial charge < -0.3 is 18.6 Å². The number of pyridine rings is 1. The number of ether oxygens (including phenoxy) is 3. The van der Waals surface area contributed by atoms with Gasteiger partial charge in [0, 0.05) is 48.7 Å². The Labute approximate surface area is 223 Å². The van der Waals surface area contributed by atoms with Crippen LogP contribution in [0.1, 0.15) is 72.3 Å². The van der Waals surface area contributed by atoms with Gasteiger partial charge in [0.25, 0.3) is 0 Å². The summed E-state index contributed by atoms with van der Waals surface area (Å²) in [5.41, 5.74) is -0.373. The van der Waals surface area contributed by atoms with E-state index in [0.29, 0.717) is 36.3 Å². The molecule has 8 heteroatoms. The molecule has 0 saturated heterocycles. The summed E-state index contributed by atoms with van der Waals surface area (Å²) in [6.45, 7) is 9.87. The maximum Gasteiger partial charge on any atom is 0.343 e. The highest BCUT2D eigenvalue weighted by atomic mass is 16.6. The Hall–Kier alpha value is -3.16. The molecule has 0 radical (unpaired) electrons. The number of nitrogens with zero attached hydrogens (tertiary/aromatic N) is 1. The minimum atomic E-state index is -0.556. The van der Waals surface area contributed by atoms with Crippen molar-refractivity contribution >= 4 is 11.9 Å². The predicted molar refractivity (Wildman–Crippen MR) is 139 cm³/mol. The summed E-state index contributed by atoms with van der Waals surface area (Å²) in [5.74, 6) is 0.558. The Bertz CT molecular complexity index is 1290. The molecule has 5 rings (SSSR count). The van der Waals surface area contributed by atoms with E-state index in [2.05, 4.69) is 25.8 Å². The highest BCUT2D eigenvalue weighted by Gasteiger charge is 2.65. The number of carbonyl (C=O) groups is 2. The monoisotopic (exact) mass is 523 g/mol. The fourth-order valence-electron chi connectivity index (χ4n) is 7.64. The van der Waals surface area contributed by atoms with Crippen LogP contribution in [0.2, 0.25) is 0 Å². The van der Waals surface area contributed by atoms with E-state index in [1.165, 1.54) is 6.92 Å². The lowest BCUT2D eigenvalue weighted by atomic mass is 9.43. The van der Waals surface area contributed by atoms with Gasteiger partial charge >= 0.3 is 17.6 Å². The van der Waals surface area contributed by atoms with Crippen molar-refractivity contribution in [1.82, 2.24) is 4.98 Å². The Morgan fingerprint density at radius 1 is 1.16 bits per heavy atom. The summed E-state index contributed by atoms with van der Waals surface area (Å²) in [6.07, 6.45) is 6.89. The number of rotatable bonds is 5. The van der Waals surface area contributed by atoms with Crippen molar-refractivity contribution in [2.75, 3.05) is 6.61 Å². The van der Waals surface area contributed by atoms with Crippen LogP contribution in [-0.2, 0) is 25.5 Å². The molecule has 0 aromatic carbocycles. The van der Waals surface area contributed by atoms with Crippen LogP contribution in [0.3, 0.4) is 0 Å². The maximum absolute atomic E-state index is 13.2. The van der Waals surface area contributed by atoms with Gasteiger partial charge in [-0.3, -0.25) is 14.6 Å². The molecule has 0 bridgehead atoms. The van der Waals surface area contributed by atoms with Crippen molar-refractivity contribution in [2.24, 2.45) is 22.7 Å². The van der Waals surface area contributed by atoms with Gasteiger partial charge in [0.1, 0.15) is 29.8 Å². The van der Waals surface area contributed by atoms with Gasteiger partial charge in [-0.2, -0.15) is 0 Å². The molecule has 38 heavy (non-hydrogen) atoms. The number of fused-ring (bicyclic) bond motifs is 4. The first-order chi connectivity index (χ1) is 18.0. The zero-order valence-electron chi connectivity index (χ0n) is 22.9. The van der Waals surface area contributed by atoms with Crippen molar-refractivity contribution in [3.63, 3.8) is 0 Å². The molecule has 2 aromatic rings. The topological polar surface area (TPSA) is 105 Å². The molecule has 1 aliphatic heterocycles. The van der Waals surface area contributed by atoms with Crippen LogP contribution in [0.25, 0.3) is 11.3 Å². The molecule has 204 valence electrons. The second-order valence-electron chi connectivity index (χ2n) is 11.9. The molecule has 3 heterocycles. The molecule has 0 spiro atoms. The van der Waals surface area contributed by atoms with Crippen LogP contribution in [0.4, 0.5) is 0 Å². The lowest BCUT2D eigenvalue weighted by Gasteiger charge is -2.64. The van der Waals surface area contributed by atoms with E-state index in [-0.39, 0.29) is 47.5 Å². The van der Waals surface area contributed by atoms with Gasteiger partial charge in [0.15, 0.2) is 0 Å². The summed E-state index contributed by atoms with van der Waals surface area (Å²) in [7, 11) is 0. The molecule has 6 unspecified atom stereocenters. The first-order valence-electron chi connectivity index (χ1n) is 13.6. The Balaban J connectivity index is 1.52. The highest BCUT2D eigenvalue weighted by Crippen LogP contribution is 2.65. The summed E-state index contributed by atoms with van der Waals surface area (Å²) >= 11 is 0. The number of carbonyl (C=O) groups excluding carboxylic acids is 2. The summed E-state index contributed by atoms with van der Waals surface area (Å²) in [6, 6.07) is 5.47. The van der Waals surface area contributed by atoms with E-state index < -0.39 is 11.0 Å². The molecule has 6 atom stereocenters. The zero-order chi connectivity index (χ0) is 27.3. The zero-order valence-corrected chi connectivity index (χ0v) is 22.9. The summed E-state index contributed by atoms with van der Waals surface area (Å²) < 4.78 is 24.0. The third-order valence-corrected chi connectivity index (χ3v) is 9.59. The smallest absolute Gasteiger partial charge is 0.343 e. The van der Waals surface area contributed by atoms with E-state index in [0.717, 1.165) is 24.8 Å². The number of hydrogen-bond donors (Lipinski definition) is 0. The molecular formula is C30H37NO7. The average Bonchev–Trinajstić information content (AvgIpc) is 2.88. The molecule has 3 aliphatic rings. The molecule has 2 fully saturated rings. The molecule has 0 amide bonds. The Kier molecular flexibility index (Phi) is 6.64. The Morgan fingerprint density at radius 3 is 2.63 bits per heavy atom. The van der Waals surface area contributed by atoms with Gasteiger partial charge in [0.2, 0.25) is 0 Å². The van der Waals surface area contributed by atoms with Gasteiger partial charge in [-0.1, -0.05) is 20.8 Å². The molecule has 2 saturated carbocycles. The minimum absolute atomic E-state index is 0.0351. The molecule has 2 aromatic heterocycles. The third kappa shape index (κ3) is 4.31. The van der Waals surface area contributed by atoms with Crippen molar-refractivity contribution in [2.45, 2.75) is 84.8 Å². The fourth-order valence-corrected chi connectivity index (χ4v) is 7.64. The first kappa shape index (κ1) is 26.4. The van der Waals surface area contributed by atoms with Crippen molar-refractivity contribution < 1.29 is 28.2 Å². The van der Waals surface area contributed by atoms with Gasteiger partial charge in [0.05, 0.1) is 5.56 Å².